The SMILES string of the molecule is CCC(C)C(NC(=O)C(Cc1c[nH]c2ccccc12)NC(=O)C(N)CS)C(=O)N1CCCC1C(=O)O. The number of carbonyl (C=O) groups excluding carboxylic acids is 3. The first-order valence-corrected chi connectivity index (χ1v) is 12.9. The van der Waals surface area contributed by atoms with Crippen LogP contribution in [0.1, 0.15) is 38.7 Å². The molecule has 3 rings (SSSR count). The van der Waals surface area contributed by atoms with Gasteiger partial charge in [-0.2, -0.15) is 12.6 Å². The highest BCUT2D eigenvalue weighted by Gasteiger charge is 2.40. The van der Waals surface area contributed by atoms with Gasteiger partial charge in [-0.05, 0) is 30.4 Å². The van der Waals surface area contributed by atoms with Crippen LogP contribution in [0.5, 0.6) is 0 Å². The number of carbonyl (C=O) groups is 4. The molecule has 1 aliphatic heterocycles. The highest BCUT2D eigenvalue weighted by molar-refractivity contribution is 7.80. The van der Waals surface area contributed by atoms with E-state index >= 15 is 0 Å². The molecule has 0 saturated carbocycles. The van der Waals surface area contributed by atoms with Gasteiger partial charge in [0.15, 0.2) is 0 Å². The number of para-hydroxylation sites is 1. The van der Waals surface area contributed by atoms with Crippen LogP contribution in [0.2, 0.25) is 0 Å². The van der Waals surface area contributed by atoms with Gasteiger partial charge < -0.3 is 31.4 Å². The number of hydrogen-bond acceptors (Lipinski definition) is 6. The first-order valence-electron chi connectivity index (χ1n) is 12.2. The van der Waals surface area contributed by atoms with Crippen LogP contribution in [-0.4, -0.2) is 75.1 Å². The summed E-state index contributed by atoms with van der Waals surface area (Å²) < 4.78 is 0. The zero-order valence-electron chi connectivity index (χ0n) is 20.6. The van der Waals surface area contributed by atoms with Gasteiger partial charge in [0.25, 0.3) is 0 Å². The molecule has 0 bridgehead atoms. The van der Waals surface area contributed by atoms with E-state index in [-0.39, 0.29) is 18.1 Å². The molecule has 11 heteroatoms. The molecule has 5 unspecified atom stereocenters. The number of aromatic nitrogens is 1. The van der Waals surface area contributed by atoms with Gasteiger partial charge in [0.05, 0.1) is 6.04 Å². The molecule has 2 heterocycles. The fourth-order valence-electron chi connectivity index (χ4n) is 4.49. The van der Waals surface area contributed by atoms with Crippen LogP contribution in [0, 0.1) is 5.92 Å². The second kappa shape index (κ2) is 12.3. The van der Waals surface area contributed by atoms with E-state index in [1.165, 1.54) is 4.90 Å². The second-order valence-electron chi connectivity index (χ2n) is 9.31. The minimum Gasteiger partial charge on any atom is -0.480 e. The average molecular weight is 518 g/mol. The first-order chi connectivity index (χ1) is 17.2. The molecule has 1 saturated heterocycles. The van der Waals surface area contributed by atoms with Gasteiger partial charge in [0.1, 0.15) is 18.1 Å². The number of benzene rings is 1. The molecule has 36 heavy (non-hydrogen) atoms. The molecule has 1 aromatic heterocycles. The monoisotopic (exact) mass is 517 g/mol. The Labute approximate surface area is 215 Å². The number of aromatic amines is 1. The van der Waals surface area contributed by atoms with Crippen LogP contribution >= 0.6 is 12.6 Å². The van der Waals surface area contributed by atoms with Gasteiger partial charge in [-0.15, -0.1) is 0 Å². The molecule has 5 atom stereocenters. The van der Waals surface area contributed by atoms with Crippen molar-refractivity contribution >= 4 is 47.2 Å². The van der Waals surface area contributed by atoms with E-state index in [1.807, 2.05) is 38.1 Å². The Kier molecular flexibility index (Phi) is 9.38. The summed E-state index contributed by atoms with van der Waals surface area (Å²) in [6.45, 7) is 4.05. The summed E-state index contributed by atoms with van der Waals surface area (Å²) in [5.41, 5.74) is 7.55. The van der Waals surface area contributed by atoms with Gasteiger partial charge in [-0.3, -0.25) is 14.4 Å². The lowest BCUT2D eigenvalue weighted by molar-refractivity contribution is -0.150. The van der Waals surface area contributed by atoms with Gasteiger partial charge >= 0.3 is 5.97 Å². The maximum Gasteiger partial charge on any atom is 0.326 e. The fraction of sp³-hybridized carbons (Fsp3) is 0.520. The van der Waals surface area contributed by atoms with Crippen LogP contribution in [0.3, 0.4) is 0 Å². The molecule has 6 N–H and O–H groups in total. The maximum absolute atomic E-state index is 13.5. The third kappa shape index (κ3) is 6.19. The van der Waals surface area contributed by atoms with Crippen molar-refractivity contribution in [2.45, 2.75) is 63.7 Å². The molecule has 10 nitrogen and oxygen atoms in total. The highest BCUT2D eigenvalue weighted by atomic mass is 32.1. The molecule has 0 radical (unpaired) electrons. The number of nitrogens with two attached hydrogens (primary N) is 1. The van der Waals surface area contributed by atoms with E-state index in [0.29, 0.717) is 25.8 Å². The van der Waals surface area contributed by atoms with Crippen molar-refractivity contribution < 1.29 is 24.3 Å². The Morgan fingerprint density at radius 2 is 1.94 bits per heavy atom. The molecular weight excluding hydrogens is 482 g/mol. The minimum absolute atomic E-state index is 0.104. The molecule has 0 aliphatic carbocycles. The molecule has 1 aliphatic rings. The van der Waals surface area contributed by atoms with E-state index in [0.717, 1.165) is 16.5 Å². The molecular formula is C25H35N5O5S. The molecule has 3 amide bonds. The van der Waals surface area contributed by atoms with Gasteiger partial charge in [-0.25, -0.2) is 4.79 Å². The number of carboxylic acid groups (broad SMARTS) is 1. The van der Waals surface area contributed by atoms with Crippen LogP contribution in [0.4, 0.5) is 0 Å². The Bertz CT molecular complexity index is 1110. The van der Waals surface area contributed by atoms with E-state index in [4.69, 9.17) is 5.73 Å². The Morgan fingerprint density at radius 3 is 2.61 bits per heavy atom. The Hall–Kier alpha value is -3.05. The molecule has 0 spiro atoms. The zero-order chi connectivity index (χ0) is 26.4. The predicted molar refractivity (Wildman–Crippen MR) is 140 cm³/mol. The fourth-order valence-corrected chi connectivity index (χ4v) is 4.66. The summed E-state index contributed by atoms with van der Waals surface area (Å²) in [5.74, 6) is -2.69. The average Bonchev–Trinajstić information content (AvgIpc) is 3.53. The summed E-state index contributed by atoms with van der Waals surface area (Å²) in [6, 6.07) is 3.87. The largest absolute Gasteiger partial charge is 0.480 e. The lowest BCUT2D eigenvalue weighted by Gasteiger charge is -2.31. The van der Waals surface area contributed by atoms with E-state index in [1.54, 1.807) is 6.20 Å². The lowest BCUT2D eigenvalue weighted by Crippen LogP contribution is -2.59. The Morgan fingerprint density at radius 1 is 1.22 bits per heavy atom. The van der Waals surface area contributed by atoms with Gasteiger partial charge in [0, 0.05) is 35.8 Å². The topological polar surface area (TPSA) is 158 Å². The maximum atomic E-state index is 13.5. The third-order valence-corrected chi connectivity index (χ3v) is 7.26. The smallest absolute Gasteiger partial charge is 0.326 e. The predicted octanol–water partition coefficient (Wildman–Crippen LogP) is 1.06. The number of nitrogens with one attached hydrogen (secondary N) is 3. The number of nitrogens with zero attached hydrogens (tertiary/aromatic N) is 1. The zero-order valence-corrected chi connectivity index (χ0v) is 21.5. The number of aliphatic carboxylic acids is 1. The van der Waals surface area contributed by atoms with Crippen LogP contribution in [-0.2, 0) is 25.6 Å². The van der Waals surface area contributed by atoms with Crippen molar-refractivity contribution in [3.63, 3.8) is 0 Å². The van der Waals surface area contributed by atoms with Crippen molar-refractivity contribution in [2.24, 2.45) is 11.7 Å². The summed E-state index contributed by atoms with van der Waals surface area (Å²) in [6.07, 6.45) is 3.51. The van der Waals surface area contributed by atoms with Crippen molar-refractivity contribution in [3.8, 4) is 0 Å². The standard InChI is InChI=1S/C25H35N5O5S/c1-3-14(2)21(24(33)30-10-6-9-20(30)25(34)35)29-23(32)19(28-22(31)17(26)13-36)11-15-12-27-18-8-5-4-7-16(15)18/h4-5,7-8,12,14,17,19-21,27,36H,3,6,9-11,13,26H2,1-2H3,(H,28,31)(H,29,32)(H,34,35). The number of thiol groups is 1. The van der Waals surface area contributed by atoms with Gasteiger partial charge in [-0.1, -0.05) is 38.5 Å². The summed E-state index contributed by atoms with van der Waals surface area (Å²) in [7, 11) is 0. The Balaban J connectivity index is 1.86. The van der Waals surface area contributed by atoms with E-state index in [2.05, 4.69) is 28.2 Å². The van der Waals surface area contributed by atoms with Crippen LogP contribution in [0.25, 0.3) is 10.9 Å². The number of carboxylic acids is 1. The second-order valence-corrected chi connectivity index (χ2v) is 9.68. The lowest BCUT2D eigenvalue weighted by atomic mass is 9.96. The third-order valence-electron chi connectivity index (χ3n) is 6.86. The van der Waals surface area contributed by atoms with Crippen LogP contribution < -0.4 is 16.4 Å². The summed E-state index contributed by atoms with van der Waals surface area (Å²) >= 11 is 4.07. The number of hydrogen-bond donors (Lipinski definition) is 6. The number of H-pyrrole nitrogens is 1. The number of fused-ring (bicyclic) bond motifs is 1. The number of likely N-dealkylation sites (tertiary alicyclic amines) is 1. The van der Waals surface area contributed by atoms with Crippen molar-refractivity contribution in [1.82, 2.24) is 20.5 Å². The normalized spacial score (nSPS) is 18.9. The molecule has 196 valence electrons. The molecule has 2 aromatic rings. The molecule has 1 aromatic carbocycles. The summed E-state index contributed by atoms with van der Waals surface area (Å²) in [5, 5.41) is 16.0. The van der Waals surface area contributed by atoms with Crippen molar-refractivity contribution in [2.75, 3.05) is 12.3 Å². The quantitative estimate of drug-likeness (QED) is 0.245. The minimum atomic E-state index is -1.06. The van der Waals surface area contributed by atoms with E-state index < -0.39 is 47.9 Å². The number of rotatable bonds is 11. The van der Waals surface area contributed by atoms with Crippen LogP contribution in [0.15, 0.2) is 30.5 Å². The summed E-state index contributed by atoms with van der Waals surface area (Å²) in [4.78, 5) is 55.7. The van der Waals surface area contributed by atoms with Gasteiger partial charge in [0.2, 0.25) is 17.7 Å². The number of amides is 3. The molecule has 1 fully saturated rings. The van der Waals surface area contributed by atoms with Crippen molar-refractivity contribution in [3.05, 3.63) is 36.0 Å². The van der Waals surface area contributed by atoms with E-state index in [9.17, 15) is 24.3 Å². The van der Waals surface area contributed by atoms with Crippen molar-refractivity contribution in [1.29, 1.82) is 0 Å². The highest BCUT2D eigenvalue weighted by Crippen LogP contribution is 2.22. The first kappa shape index (κ1) is 27.5.